The number of para-hydroxylation sites is 4. The number of halogens is 1. The van der Waals surface area contributed by atoms with Crippen LogP contribution in [0.4, 0.5) is 14.4 Å². The average Bonchev–Trinajstić information content (AvgIpc) is 1.64. The maximum absolute atomic E-state index is 12.5. The quantitative estimate of drug-likeness (QED) is 0.00540. The number of fused-ring (bicyclic) bond motifs is 4. The summed E-state index contributed by atoms with van der Waals surface area (Å²) >= 11 is 3.29. The molecule has 5 saturated heterocycles. The van der Waals surface area contributed by atoms with E-state index in [4.69, 9.17) is 67.7 Å². The molecule has 0 bridgehead atoms. The molecule has 11 amide bonds. The molecule has 9 heterocycles. The minimum absolute atomic E-state index is 0. The van der Waals surface area contributed by atoms with E-state index < -0.39 is 117 Å². The van der Waals surface area contributed by atoms with Crippen molar-refractivity contribution in [3.05, 3.63) is 144 Å². The van der Waals surface area contributed by atoms with E-state index in [0.717, 1.165) is 37.2 Å². The second kappa shape index (κ2) is 54.1. The van der Waals surface area contributed by atoms with Crippen LogP contribution in [0.1, 0.15) is 261 Å². The van der Waals surface area contributed by atoms with Crippen molar-refractivity contribution >= 4 is 126 Å². The van der Waals surface area contributed by atoms with E-state index in [2.05, 4.69) is 70.9 Å². The van der Waals surface area contributed by atoms with Gasteiger partial charge in [-0.05, 0) is 271 Å². The number of terminal acetylenes is 1. The first kappa shape index (κ1) is 119. The number of amides is 11. The summed E-state index contributed by atoms with van der Waals surface area (Å²) in [6, 6.07) is 18.2. The second-order valence-corrected chi connectivity index (χ2v) is 40.3. The van der Waals surface area contributed by atoms with E-state index >= 15 is 0 Å². The first-order valence-corrected chi connectivity index (χ1v) is 47.2. The van der Waals surface area contributed by atoms with Crippen LogP contribution in [-0.4, -0.2) is 189 Å². The number of alkyl carbamates (subject to hydrolysis) is 3. The van der Waals surface area contributed by atoms with Gasteiger partial charge in [0.1, 0.15) is 54.2 Å². The molecule has 4 unspecified atom stereocenters. The van der Waals surface area contributed by atoms with Crippen LogP contribution in [0.2, 0.25) is 0 Å². The van der Waals surface area contributed by atoms with Gasteiger partial charge >= 0.3 is 92.7 Å². The Balaban J connectivity index is 0.000000271. The average molecular weight is 2060 g/mol. The molecule has 5 fully saturated rings. The fourth-order valence-corrected chi connectivity index (χ4v) is 15.2. The number of ether oxygens (including phenoxy) is 8. The number of hydrogen-bond acceptors (Lipinski definition) is 28. The number of aryl methyl sites for hydroxylation is 2. The minimum Gasteiger partial charge on any atom is -0.444 e. The third kappa shape index (κ3) is 38.5. The molecule has 5 aliphatic rings. The summed E-state index contributed by atoms with van der Waals surface area (Å²) in [5.41, 5.74) is 8.62. The number of rotatable bonds is 29. The summed E-state index contributed by atoms with van der Waals surface area (Å²) in [6.45, 7) is 37.1. The molecule has 141 heavy (non-hydrogen) atoms. The van der Waals surface area contributed by atoms with Crippen molar-refractivity contribution in [1.82, 2.24) is 55.5 Å². The van der Waals surface area contributed by atoms with Gasteiger partial charge in [0.2, 0.25) is 47.3 Å². The van der Waals surface area contributed by atoms with Gasteiger partial charge < -0.3 is 84.7 Å². The summed E-state index contributed by atoms with van der Waals surface area (Å²) in [5, 5.41) is 17.5. The second-order valence-electron chi connectivity index (χ2n) is 39.5. The van der Waals surface area contributed by atoms with Crippen LogP contribution >= 0.6 is 15.9 Å². The van der Waals surface area contributed by atoms with E-state index in [0.29, 0.717) is 140 Å². The fraction of sp³-hybridized carbons (Fsp3) is 0.560. The zero-order chi connectivity index (χ0) is 103. The predicted molar refractivity (Wildman–Crippen MR) is 524 cm³/mol. The number of hydrogen-bond donors (Lipinski definition) is 8. The summed E-state index contributed by atoms with van der Waals surface area (Å²) in [5.74, 6) is 2.46. The van der Waals surface area contributed by atoms with Crippen LogP contribution in [0.3, 0.4) is 0 Å². The summed E-state index contributed by atoms with van der Waals surface area (Å²) in [4.78, 5) is 179. The number of imide groups is 4. The minimum atomic E-state index is -0.814. The van der Waals surface area contributed by atoms with Gasteiger partial charge in [-0.25, -0.2) is 33.6 Å². The molecule has 0 aliphatic carbocycles. The van der Waals surface area contributed by atoms with E-state index in [1.807, 2.05) is 121 Å². The molecule has 0 spiro atoms. The van der Waals surface area contributed by atoms with E-state index in [1.165, 1.54) is 31.1 Å². The van der Waals surface area contributed by atoms with Crippen LogP contribution in [-0.2, 0) is 89.1 Å². The van der Waals surface area contributed by atoms with Crippen molar-refractivity contribution in [3.8, 4) is 24.2 Å². The molecule has 0 radical (unpaired) electrons. The third-order valence-corrected chi connectivity index (χ3v) is 22.3. The standard InChI is InChI=1S/C25H35N3O7.C25H31N3O7.C20H27N3O5.C13H23NO3.C12H9BrN2O4.C4H8O.CH3.K/c2*1-24(2,3)35-22(31)27-25(4,5)13-15-33-14-7-9-16-8-6-10-17-20(16)34-23(32)28(17)18-11-12-19(29)26-21(18)30;1-20(2,21)10-12-27-11-4-6-13-5-3-7-14-17(13)28-19(26)23(14)15-8-9-16(24)22-18(15)25;1-7-9-16-10-8-13(5,6)14-11(15)17-12(2,3)4;13-6-2-1-3-7-10(6)19-12(18)15(7)8-4-5-9(16)14-11(8)17;1-2-4-5-3-1;;/h6,8,10,18H,7,9,11-15H2,1-5H3,(H,27,31)(H,26,29,30);6,8,10,18H,11-15H2,1-5H3,(H,27,31)(H,26,29,30);3,5,7,15H,4,6,8-12,21H2,1-2H3,(H,22,24,25);1H,8-10H2,2-6H3,(H,14,15);1-3,8H,4-5H2,(H,14,16,17);1-4H2;1H3;/q;;;;;;-1;+1. The van der Waals surface area contributed by atoms with E-state index in [9.17, 15) is 71.9 Å². The van der Waals surface area contributed by atoms with Crippen molar-refractivity contribution in [2.24, 2.45) is 5.73 Å². The maximum atomic E-state index is 12.5. The van der Waals surface area contributed by atoms with Crippen molar-refractivity contribution < 1.29 is 160 Å². The zero-order valence-corrected chi connectivity index (χ0v) is 89.1. The normalized spacial score (nSPS) is 16.8. The summed E-state index contributed by atoms with van der Waals surface area (Å²) < 4.78 is 70.3. The molecular formula is C100H136BrKN12O27. The van der Waals surface area contributed by atoms with E-state index in [-0.39, 0.29) is 151 Å². The van der Waals surface area contributed by atoms with Crippen LogP contribution in [0.25, 0.3) is 44.4 Å². The largest absolute Gasteiger partial charge is 1.00 e. The van der Waals surface area contributed by atoms with Gasteiger partial charge in [0.05, 0.1) is 45.3 Å². The van der Waals surface area contributed by atoms with Crippen LogP contribution in [0, 0.1) is 31.6 Å². The summed E-state index contributed by atoms with van der Waals surface area (Å²) in [6.07, 6.45) is 13.5. The maximum Gasteiger partial charge on any atom is 1.00 e. The zero-order valence-electron chi connectivity index (χ0n) is 84.4. The molecule has 39 nitrogen and oxygen atoms in total. The SMILES string of the molecule is C#CCOCCC(C)(C)NC(=O)OC(C)(C)C.C1CCOC1.CC(C)(CCOCC#Cc1cccc2c1oc(=O)n2C1CCC(=O)NC1=O)NC(=O)OC(C)(C)C.CC(C)(CCOCCCc1cccc2c1oc(=O)n2C1CCC(=O)NC1=O)NC(=O)OC(C)(C)C.CC(C)(N)CCOCCCc1cccc2c1oc(=O)n2C1CCC(=O)NC1=O.O=C1CCC(n2c(=O)oc3c(Br)cccc32)C(=O)N1.[CH3-].[K+]. The molecule has 4 aromatic heterocycles. The summed E-state index contributed by atoms with van der Waals surface area (Å²) in [7, 11) is 0. The molecule has 41 heteroatoms. The Morgan fingerprint density at radius 1 is 0.426 bits per heavy atom. The van der Waals surface area contributed by atoms with Gasteiger partial charge in [0.15, 0.2) is 22.3 Å². The van der Waals surface area contributed by atoms with Gasteiger partial charge in [-0.2, -0.15) is 0 Å². The smallest absolute Gasteiger partial charge is 0.444 e. The Bertz CT molecular complexity index is 6030. The predicted octanol–water partition coefficient (Wildman–Crippen LogP) is 9.41. The van der Waals surface area contributed by atoms with Crippen molar-refractivity contribution in [1.29, 1.82) is 0 Å². The number of carbonyl (C=O) groups is 11. The van der Waals surface area contributed by atoms with Crippen molar-refractivity contribution in [2.45, 2.75) is 296 Å². The van der Waals surface area contributed by atoms with Gasteiger partial charge in [0, 0.05) is 87.5 Å². The molecule has 8 aromatic rings. The van der Waals surface area contributed by atoms with Crippen molar-refractivity contribution in [3.63, 3.8) is 0 Å². The Kier molecular flexibility index (Phi) is 45.7. The molecule has 4 aromatic carbocycles. The van der Waals surface area contributed by atoms with Gasteiger partial charge in [-0.3, -0.25) is 77.9 Å². The van der Waals surface area contributed by atoms with Crippen molar-refractivity contribution in [2.75, 3.05) is 66.1 Å². The first-order valence-electron chi connectivity index (χ1n) is 46.4. The number of piperidine rings is 4. The molecule has 5 aliphatic heterocycles. The van der Waals surface area contributed by atoms with Crippen LogP contribution in [0.15, 0.2) is 114 Å². The number of benzene rings is 4. The number of nitrogens with zero attached hydrogens (tertiary/aromatic N) is 4. The Morgan fingerprint density at radius 3 is 1.06 bits per heavy atom. The van der Waals surface area contributed by atoms with Gasteiger partial charge in [0.25, 0.3) is 0 Å². The number of oxazole rings is 4. The van der Waals surface area contributed by atoms with E-state index in [1.54, 1.807) is 69.3 Å². The molecule has 13 rings (SSSR count). The number of aromatic nitrogens is 4. The Labute approximate surface area is 870 Å². The van der Waals surface area contributed by atoms with Crippen LogP contribution < -0.4 is 117 Å². The first-order chi connectivity index (χ1) is 65.2. The van der Waals surface area contributed by atoms with Gasteiger partial charge in [-0.15, -0.1) is 6.42 Å². The number of nitrogens with two attached hydrogens (primary N) is 1. The monoisotopic (exact) mass is 2050 g/mol. The number of nitrogens with one attached hydrogen (secondary N) is 7. The number of carbonyl (C=O) groups excluding carboxylic acids is 11. The van der Waals surface area contributed by atoms with Gasteiger partial charge in [-0.1, -0.05) is 54.2 Å². The topological polar surface area (TPSA) is 512 Å². The Hall–Kier alpha value is -10.7. The Morgan fingerprint density at radius 2 is 0.730 bits per heavy atom. The van der Waals surface area contributed by atoms with Crippen LogP contribution in [0.5, 0.6) is 0 Å². The third-order valence-electron chi connectivity index (χ3n) is 21.7. The molecule has 4 atom stereocenters. The molecule has 0 saturated carbocycles. The molecule has 766 valence electrons. The fourth-order valence-electron chi connectivity index (χ4n) is 14.8. The molecule has 9 N–H and O–H groups in total. The molecular weight excluding hydrogens is 1920 g/mol.